The van der Waals surface area contributed by atoms with Gasteiger partial charge >= 0.3 is 0 Å². The van der Waals surface area contributed by atoms with E-state index in [9.17, 15) is 9.59 Å². The van der Waals surface area contributed by atoms with Crippen molar-refractivity contribution in [1.82, 2.24) is 5.32 Å². The van der Waals surface area contributed by atoms with Gasteiger partial charge in [0, 0.05) is 24.2 Å². The van der Waals surface area contributed by atoms with E-state index in [1.807, 2.05) is 24.3 Å². The molecule has 2 aromatic rings. The van der Waals surface area contributed by atoms with Gasteiger partial charge in [0.1, 0.15) is 12.4 Å². The highest BCUT2D eigenvalue weighted by molar-refractivity contribution is 5.97. The lowest BCUT2D eigenvalue weighted by Crippen LogP contribution is -2.28. The van der Waals surface area contributed by atoms with Crippen LogP contribution in [0.1, 0.15) is 49.5 Å². The van der Waals surface area contributed by atoms with Crippen molar-refractivity contribution in [2.45, 2.75) is 39.0 Å². The second kappa shape index (κ2) is 8.46. The summed E-state index contributed by atoms with van der Waals surface area (Å²) in [6.07, 6.45) is 1.49. The number of hydrogen-bond donors (Lipinski definition) is 1. The molecule has 1 aliphatic rings. The summed E-state index contributed by atoms with van der Waals surface area (Å²) >= 11 is 0. The molecule has 1 heterocycles. The number of ether oxygens (including phenoxy) is 1. The first-order valence-electron chi connectivity index (χ1n) is 9.76. The number of benzene rings is 2. The molecule has 0 aromatic heterocycles. The summed E-state index contributed by atoms with van der Waals surface area (Å²) < 4.78 is 5.70. The first-order chi connectivity index (χ1) is 13.3. The second-order valence-electron chi connectivity index (χ2n) is 8.07. The van der Waals surface area contributed by atoms with E-state index in [0.717, 1.165) is 24.4 Å². The minimum Gasteiger partial charge on any atom is -0.492 e. The van der Waals surface area contributed by atoms with Gasteiger partial charge in [0.2, 0.25) is 5.91 Å². The van der Waals surface area contributed by atoms with Crippen LogP contribution < -0.4 is 15.0 Å². The minimum atomic E-state index is -0.147. The van der Waals surface area contributed by atoms with Gasteiger partial charge in [-0.2, -0.15) is 0 Å². The van der Waals surface area contributed by atoms with Crippen LogP contribution in [0.25, 0.3) is 0 Å². The lowest BCUT2D eigenvalue weighted by atomic mass is 9.87. The fourth-order valence-corrected chi connectivity index (χ4v) is 3.20. The SMILES string of the molecule is CC(C)(C)c1ccc(OCCNC(=O)c2ccc(N3CCCC3=O)cc2)cc1. The Balaban J connectivity index is 1.45. The molecule has 148 valence electrons. The van der Waals surface area contributed by atoms with Crippen LogP contribution in [0, 0.1) is 0 Å². The molecule has 5 nitrogen and oxygen atoms in total. The normalized spacial score (nSPS) is 14.2. The highest BCUT2D eigenvalue weighted by Gasteiger charge is 2.21. The largest absolute Gasteiger partial charge is 0.492 e. The van der Waals surface area contributed by atoms with E-state index in [-0.39, 0.29) is 17.2 Å². The molecule has 0 aliphatic carbocycles. The number of hydrogen-bond acceptors (Lipinski definition) is 3. The number of amides is 2. The maximum atomic E-state index is 12.3. The van der Waals surface area contributed by atoms with Gasteiger partial charge in [-0.3, -0.25) is 9.59 Å². The lowest BCUT2D eigenvalue weighted by Gasteiger charge is -2.19. The Bertz CT molecular complexity index is 820. The Morgan fingerprint density at radius 2 is 1.75 bits per heavy atom. The zero-order chi connectivity index (χ0) is 20.1. The molecule has 0 unspecified atom stereocenters. The third-order valence-corrected chi connectivity index (χ3v) is 4.89. The maximum absolute atomic E-state index is 12.3. The van der Waals surface area contributed by atoms with Crippen LogP contribution in [0.5, 0.6) is 5.75 Å². The topological polar surface area (TPSA) is 58.6 Å². The van der Waals surface area contributed by atoms with Crippen molar-refractivity contribution >= 4 is 17.5 Å². The summed E-state index contributed by atoms with van der Waals surface area (Å²) in [4.78, 5) is 25.8. The monoisotopic (exact) mass is 380 g/mol. The quantitative estimate of drug-likeness (QED) is 0.773. The van der Waals surface area contributed by atoms with E-state index < -0.39 is 0 Å². The summed E-state index contributed by atoms with van der Waals surface area (Å²) in [7, 11) is 0. The van der Waals surface area contributed by atoms with Crippen LogP contribution in [0.4, 0.5) is 5.69 Å². The first-order valence-corrected chi connectivity index (χ1v) is 9.76. The van der Waals surface area contributed by atoms with Gasteiger partial charge in [0.15, 0.2) is 0 Å². The van der Waals surface area contributed by atoms with Crippen LogP contribution in [0.15, 0.2) is 48.5 Å². The Kier molecular flexibility index (Phi) is 6.02. The summed E-state index contributed by atoms with van der Waals surface area (Å²) in [6, 6.07) is 15.2. The summed E-state index contributed by atoms with van der Waals surface area (Å²) in [5, 5.41) is 2.86. The maximum Gasteiger partial charge on any atom is 0.251 e. The predicted octanol–water partition coefficient (Wildman–Crippen LogP) is 3.92. The summed E-state index contributed by atoms with van der Waals surface area (Å²) in [5.41, 5.74) is 2.79. The number of anilines is 1. The molecule has 0 radical (unpaired) electrons. The van der Waals surface area contributed by atoms with Crippen LogP contribution in [-0.4, -0.2) is 31.5 Å². The summed E-state index contributed by atoms with van der Waals surface area (Å²) in [5.74, 6) is 0.790. The van der Waals surface area contributed by atoms with Crippen molar-refractivity contribution in [3.05, 3.63) is 59.7 Å². The smallest absolute Gasteiger partial charge is 0.251 e. The predicted molar refractivity (Wildman–Crippen MR) is 111 cm³/mol. The molecule has 5 heteroatoms. The number of rotatable bonds is 6. The Morgan fingerprint density at radius 3 is 2.32 bits per heavy atom. The van der Waals surface area contributed by atoms with E-state index in [1.54, 1.807) is 17.0 Å². The molecule has 1 aliphatic heterocycles. The van der Waals surface area contributed by atoms with E-state index >= 15 is 0 Å². The third kappa shape index (κ3) is 4.91. The van der Waals surface area contributed by atoms with Crippen LogP contribution >= 0.6 is 0 Å². The molecule has 0 bridgehead atoms. The van der Waals surface area contributed by atoms with E-state index in [0.29, 0.717) is 25.1 Å². The lowest BCUT2D eigenvalue weighted by molar-refractivity contribution is -0.117. The highest BCUT2D eigenvalue weighted by Crippen LogP contribution is 2.24. The molecule has 1 N–H and O–H groups in total. The molecule has 1 saturated heterocycles. The first kappa shape index (κ1) is 19.9. The molecular weight excluding hydrogens is 352 g/mol. The molecule has 28 heavy (non-hydrogen) atoms. The molecule has 3 rings (SSSR count). The molecule has 0 saturated carbocycles. The minimum absolute atomic E-state index is 0.115. The summed E-state index contributed by atoms with van der Waals surface area (Å²) in [6.45, 7) is 8.10. The molecule has 0 spiro atoms. The van der Waals surface area contributed by atoms with Gasteiger partial charge in [-0.25, -0.2) is 0 Å². The molecular formula is C23H28N2O3. The van der Waals surface area contributed by atoms with Crippen molar-refractivity contribution in [2.24, 2.45) is 0 Å². The van der Waals surface area contributed by atoms with E-state index in [1.165, 1.54) is 5.56 Å². The molecule has 2 amide bonds. The van der Waals surface area contributed by atoms with Crippen LogP contribution in [0.2, 0.25) is 0 Å². The van der Waals surface area contributed by atoms with E-state index in [2.05, 4.69) is 38.2 Å². The van der Waals surface area contributed by atoms with Crippen LogP contribution in [-0.2, 0) is 10.2 Å². The fraction of sp³-hybridized carbons (Fsp3) is 0.391. The third-order valence-electron chi connectivity index (χ3n) is 4.89. The average Bonchev–Trinajstić information content (AvgIpc) is 3.11. The average molecular weight is 380 g/mol. The van der Waals surface area contributed by atoms with Crippen molar-refractivity contribution in [2.75, 3.05) is 24.6 Å². The van der Waals surface area contributed by atoms with Crippen molar-refractivity contribution in [3.8, 4) is 5.75 Å². The van der Waals surface area contributed by atoms with Crippen LogP contribution in [0.3, 0.4) is 0 Å². The van der Waals surface area contributed by atoms with Gasteiger partial charge < -0.3 is 15.0 Å². The molecule has 2 aromatic carbocycles. The number of carbonyl (C=O) groups excluding carboxylic acids is 2. The van der Waals surface area contributed by atoms with Crippen molar-refractivity contribution < 1.29 is 14.3 Å². The zero-order valence-corrected chi connectivity index (χ0v) is 16.8. The van der Waals surface area contributed by atoms with Crippen molar-refractivity contribution in [1.29, 1.82) is 0 Å². The number of carbonyl (C=O) groups is 2. The van der Waals surface area contributed by atoms with Gasteiger partial charge in [-0.15, -0.1) is 0 Å². The Morgan fingerprint density at radius 1 is 1.07 bits per heavy atom. The Labute approximate surface area is 166 Å². The standard InChI is InChI=1S/C23H28N2O3/c1-23(2,3)18-8-12-20(13-9-18)28-16-14-24-22(27)17-6-10-19(11-7-17)25-15-4-5-21(25)26/h6-13H,4-5,14-16H2,1-3H3,(H,24,27). The van der Waals surface area contributed by atoms with Gasteiger partial charge in [-0.1, -0.05) is 32.9 Å². The Hall–Kier alpha value is -2.82. The number of nitrogens with zero attached hydrogens (tertiary/aromatic N) is 1. The number of nitrogens with one attached hydrogen (secondary N) is 1. The molecule has 0 atom stereocenters. The fourth-order valence-electron chi connectivity index (χ4n) is 3.20. The van der Waals surface area contributed by atoms with Gasteiger partial charge in [0.25, 0.3) is 5.91 Å². The second-order valence-corrected chi connectivity index (χ2v) is 8.07. The highest BCUT2D eigenvalue weighted by atomic mass is 16.5. The molecule has 1 fully saturated rings. The van der Waals surface area contributed by atoms with E-state index in [4.69, 9.17) is 4.74 Å². The van der Waals surface area contributed by atoms with Gasteiger partial charge in [0.05, 0.1) is 6.54 Å². The van der Waals surface area contributed by atoms with Crippen molar-refractivity contribution in [3.63, 3.8) is 0 Å². The van der Waals surface area contributed by atoms with Gasteiger partial charge in [-0.05, 0) is 53.8 Å². The zero-order valence-electron chi connectivity index (χ0n) is 16.8.